The fraction of sp³-hybridized carbons (Fsp3) is 0.524. The number of nitrogens with one attached hydrogen (secondary N) is 2. The van der Waals surface area contributed by atoms with Gasteiger partial charge in [-0.25, -0.2) is 0 Å². The van der Waals surface area contributed by atoms with E-state index in [1.807, 2.05) is 30.3 Å². The van der Waals surface area contributed by atoms with Crippen molar-refractivity contribution >= 4 is 28.8 Å². The number of aromatic nitrogens is 2. The molecular formula is C21H29N5O2S. The molecule has 3 rings (SSSR count). The third-order valence-electron chi connectivity index (χ3n) is 5.14. The van der Waals surface area contributed by atoms with Gasteiger partial charge in [-0.3, -0.25) is 9.59 Å². The lowest BCUT2D eigenvalue weighted by atomic mass is 10.0. The number of hydrogen-bond donors (Lipinski definition) is 2. The molecule has 8 heteroatoms. The lowest BCUT2D eigenvalue weighted by Gasteiger charge is -2.33. The molecule has 0 saturated carbocycles. The highest BCUT2D eigenvalue weighted by molar-refractivity contribution is 7.13. The molecule has 2 aromatic rings. The summed E-state index contributed by atoms with van der Waals surface area (Å²) in [5, 5.41) is 14.7. The van der Waals surface area contributed by atoms with E-state index in [1.165, 1.54) is 37.1 Å². The molecule has 0 spiro atoms. The third-order valence-corrected chi connectivity index (χ3v) is 6.13. The molecule has 2 heterocycles. The number of carbonyl (C=O) groups excluding carboxylic acids is 2. The second-order valence-corrected chi connectivity index (χ2v) is 8.47. The van der Waals surface area contributed by atoms with Crippen LogP contribution in [0.2, 0.25) is 0 Å². The summed E-state index contributed by atoms with van der Waals surface area (Å²) in [6, 6.07) is 9.88. The molecule has 1 saturated heterocycles. The molecular weight excluding hydrogens is 386 g/mol. The average molecular weight is 416 g/mol. The summed E-state index contributed by atoms with van der Waals surface area (Å²) in [5.74, 6) is -0.265. The number of para-hydroxylation sites is 1. The van der Waals surface area contributed by atoms with Gasteiger partial charge in [0.1, 0.15) is 5.01 Å². The van der Waals surface area contributed by atoms with Gasteiger partial charge in [0.25, 0.3) is 5.91 Å². The van der Waals surface area contributed by atoms with E-state index in [1.54, 1.807) is 0 Å². The van der Waals surface area contributed by atoms with Crippen LogP contribution in [-0.2, 0) is 11.2 Å². The highest BCUT2D eigenvalue weighted by atomic mass is 32.1. The standard InChI is InChI=1S/C21H29N5O2S/c1-16-8-5-6-14-26(16)15-7-13-22-18(27)11-12-19-24-25-21(29-19)20(28)23-17-9-3-2-4-10-17/h2-4,9-10,16H,5-8,11-15H2,1H3,(H,22,27)(H,23,28)/t16-/m1/s1. The maximum atomic E-state index is 12.2. The molecule has 0 bridgehead atoms. The molecule has 1 atom stereocenters. The molecule has 2 N–H and O–H groups in total. The topological polar surface area (TPSA) is 87.2 Å². The summed E-state index contributed by atoms with van der Waals surface area (Å²) in [5.41, 5.74) is 0.715. The Labute approximate surface area is 175 Å². The van der Waals surface area contributed by atoms with E-state index in [9.17, 15) is 9.59 Å². The normalized spacial score (nSPS) is 17.1. The van der Waals surface area contributed by atoms with Crippen LogP contribution in [0.5, 0.6) is 0 Å². The van der Waals surface area contributed by atoms with Crippen molar-refractivity contribution in [1.82, 2.24) is 20.4 Å². The number of nitrogens with zero attached hydrogens (tertiary/aromatic N) is 3. The van der Waals surface area contributed by atoms with Gasteiger partial charge in [-0.05, 0) is 44.9 Å². The Morgan fingerprint density at radius 3 is 2.83 bits per heavy atom. The Balaban J connectivity index is 1.33. The van der Waals surface area contributed by atoms with Crippen LogP contribution in [0.1, 0.15) is 53.8 Å². The minimum Gasteiger partial charge on any atom is -0.356 e. The predicted octanol–water partition coefficient (Wildman–Crippen LogP) is 3.10. The van der Waals surface area contributed by atoms with E-state index >= 15 is 0 Å². The summed E-state index contributed by atoms with van der Waals surface area (Å²) < 4.78 is 0. The van der Waals surface area contributed by atoms with Crippen molar-refractivity contribution in [2.24, 2.45) is 0 Å². The predicted molar refractivity (Wildman–Crippen MR) is 115 cm³/mol. The molecule has 2 amide bonds. The lowest BCUT2D eigenvalue weighted by molar-refractivity contribution is -0.121. The Morgan fingerprint density at radius 1 is 1.21 bits per heavy atom. The number of piperidine rings is 1. The maximum Gasteiger partial charge on any atom is 0.286 e. The Kier molecular flexibility index (Phi) is 8.13. The number of anilines is 1. The smallest absolute Gasteiger partial charge is 0.286 e. The summed E-state index contributed by atoms with van der Waals surface area (Å²) in [4.78, 5) is 26.8. The Bertz CT molecular complexity index is 795. The van der Waals surface area contributed by atoms with Gasteiger partial charge >= 0.3 is 0 Å². The summed E-state index contributed by atoms with van der Waals surface area (Å²) in [6.07, 6.45) is 5.71. The van der Waals surface area contributed by atoms with Crippen LogP contribution in [0.3, 0.4) is 0 Å². The monoisotopic (exact) mass is 415 g/mol. The molecule has 0 aliphatic carbocycles. The molecule has 1 aromatic heterocycles. The van der Waals surface area contributed by atoms with Gasteiger partial charge < -0.3 is 15.5 Å². The number of carbonyl (C=O) groups is 2. The van der Waals surface area contributed by atoms with Gasteiger partial charge in [0.2, 0.25) is 10.9 Å². The van der Waals surface area contributed by atoms with Crippen LogP contribution in [0.4, 0.5) is 5.69 Å². The van der Waals surface area contributed by atoms with Crippen molar-refractivity contribution in [3.8, 4) is 0 Å². The first kappa shape index (κ1) is 21.4. The van der Waals surface area contributed by atoms with Gasteiger partial charge in [0.05, 0.1) is 0 Å². The van der Waals surface area contributed by atoms with Crippen LogP contribution < -0.4 is 10.6 Å². The van der Waals surface area contributed by atoms with E-state index in [-0.39, 0.29) is 11.8 Å². The molecule has 156 valence electrons. The van der Waals surface area contributed by atoms with Crippen LogP contribution in [0, 0.1) is 0 Å². The van der Waals surface area contributed by atoms with E-state index in [2.05, 4.69) is 32.7 Å². The van der Waals surface area contributed by atoms with Gasteiger partial charge in [-0.15, -0.1) is 10.2 Å². The first-order chi connectivity index (χ1) is 14.1. The molecule has 0 radical (unpaired) electrons. The minimum absolute atomic E-state index is 0.0159. The first-order valence-corrected chi connectivity index (χ1v) is 11.1. The van der Waals surface area contributed by atoms with E-state index in [0.717, 1.165) is 13.0 Å². The van der Waals surface area contributed by atoms with Crippen molar-refractivity contribution in [1.29, 1.82) is 0 Å². The van der Waals surface area contributed by atoms with E-state index < -0.39 is 0 Å². The highest BCUT2D eigenvalue weighted by Gasteiger charge is 2.17. The number of aryl methyl sites for hydroxylation is 1. The molecule has 1 aliphatic rings. The zero-order valence-corrected chi connectivity index (χ0v) is 17.7. The van der Waals surface area contributed by atoms with Crippen LogP contribution in [0.25, 0.3) is 0 Å². The van der Waals surface area contributed by atoms with Gasteiger partial charge in [-0.1, -0.05) is 36.0 Å². The fourth-order valence-electron chi connectivity index (χ4n) is 3.46. The van der Waals surface area contributed by atoms with Crippen LogP contribution in [-0.4, -0.2) is 52.6 Å². The van der Waals surface area contributed by atoms with Crippen molar-refractivity contribution in [3.05, 3.63) is 40.3 Å². The van der Waals surface area contributed by atoms with Crippen molar-refractivity contribution < 1.29 is 9.59 Å². The van der Waals surface area contributed by atoms with E-state index in [0.29, 0.717) is 41.1 Å². The quantitative estimate of drug-likeness (QED) is 0.615. The van der Waals surface area contributed by atoms with Crippen LogP contribution in [0.15, 0.2) is 30.3 Å². The minimum atomic E-state index is -0.281. The summed E-state index contributed by atoms with van der Waals surface area (Å²) >= 11 is 1.23. The maximum absolute atomic E-state index is 12.2. The Hall–Kier alpha value is -2.32. The fourth-order valence-corrected chi connectivity index (χ4v) is 4.20. The van der Waals surface area contributed by atoms with Crippen LogP contribution >= 0.6 is 11.3 Å². The third kappa shape index (κ3) is 6.90. The number of hydrogen-bond acceptors (Lipinski definition) is 6. The van der Waals surface area contributed by atoms with Gasteiger partial charge in [-0.2, -0.15) is 0 Å². The highest BCUT2D eigenvalue weighted by Crippen LogP contribution is 2.16. The number of amides is 2. The van der Waals surface area contributed by atoms with Crippen molar-refractivity contribution in [2.45, 2.75) is 51.5 Å². The second kappa shape index (κ2) is 11.0. The van der Waals surface area contributed by atoms with Gasteiger partial charge in [0.15, 0.2) is 0 Å². The summed E-state index contributed by atoms with van der Waals surface area (Å²) in [7, 11) is 0. The number of likely N-dealkylation sites (tertiary alicyclic amines) is 1. The largest absolute Gasteiger partial charge is 0.356 e. The lowest BCUT2D eigenvalue weighted by Crippen LogP contribution is -2.39. The molecule has 29 heavy (non-hydrogen) atoms. The Morgan fingerprint density at radius 2 is 2.03 bits per heavy atom. The summed E-state index contributed by atoms with van der Waals surface area (Å²) in [6.45, 7) is 5.20. The van der Waals surface area contributed by atoms with Gasteiger partial charge in [0, 0.05) is 37.7 Å². The molecule has 1 aromatic carbocycles. The second-order valence-electron chi connectivity index (χ2n) is 7.41. The first-order valence-electron chi connectivity index (χ1n) is 10.3. The SMILES string of the molecule is C[C@@H]1CCCCN1CCCNC(=O)CCc1nnc(C(=O)Nc2ccccc2)s1. The van der Waals surface area contributed by atoms with Crippen molar-refractivity contribution in [2.75, 3.05) is 25.0 Å². The number of rotatable bonds is 9. The number of benzene rings is 1. The van der Waals surface area contributed by atoms with E-state index in [4.69, 9.17) is 0 Å². The molecule has 7 nitrogen and oxygen atoms in total. The zero-order valence-electron chi connectivity index (χ0n) is 16.9. The molecule has 1 aliphatic heterocycles. The zero-order chi connectivity index (χ0) is 20.5. The molecule has 1 fully saturated rings. The average Bonchev–Trinajstić information content (AvgIpc) is 3.21. The molecule has 0 unspecified atom stereocenters. The van der Waals surface area contributed by atoms with Crippen molar-refractivity contribution in [3.63, 3.8) is 0 Å².